The van der Waals surface area contributed by atoms with Gasteiger partial charge in [0.1, 0.15) is 0 Å². The summed E-state index contributed by atoms with van der Waals surface area (Å²) in [6, 6.07) is 6.94. The van der Waals surface area contributed by atoms with Crippen LogP contribution in [0.2, 0.25) is 0 Å². The number of hydrogen-bond donors (Lipinski definition) is 2. The predicted molar refractivity (Wildman–Crippen MR) is 61.9 cm³/mol. The molecular formula is C10H16N2O2S. The zero-order valence-electron chi connectivity index (χ0n) is 8.90. The molecule has 0 aliphatic carbocycles. The van der Waals surface area contributed by atoms with Crippen LogP contribution in [0.4, 0.5) is 5.69 Å². The Morgan fingerprint density at radius 2 is 2.13 bits per heavy atom. The van der Waals surface area contributed by atoms with Crippen LogP contribution in [0, 0.1) is 0 Å². The number of nitrogen functional groups attached to an aromatic ring is 1. The van der Waals surface area contributed by atoms with E-state index >= 15 is 0 Å². The largest absolute Gasteiger partial charge is 0.399 e. The second-order valence-electron chi connectivity index (χ2n) is 3.41. The van der Waals surface area contributed by atoms with Crippen LogP contribution < -0.4 is 10.5 Å². The van der Waals surface area contributed by atoms with Crippen molar-refractivity contribution in [1.82, 2.24) is 4.72 Å². The Morgan fingerprint density at radius 3 is 2.67 bits per heavy atom. The summed E-state index contributed by atoms with van der Waals surface area (Å²) in [6.45, 7) is 3.40. The lowest BCUT2D eigenvalue weighted by molar-refractivity contribution is 0.568. The van der Waals surface area contributed by atoms with Gasteiger partial charge in [0.05, 0.1) is 5.75 Å². The number of hydrogen-bond acceptors (Lipinski definition) is 3. The molecule has 0 saturated heterocycles. The zero-order valence-corrected chi connectivity index (χ0v) is 9.71. The molecule has 0 amide bonds. The van der Waals surface area contributed by atoms with E-state index in [9.17, 15) is 8.42 Å². The third-order valence-electron chi connectivity index (χ3n) is 2.15. The van der Waals surface area contributed by atoms with E-state index in [1.165, 1.54) is 0 Å². The van der Waals surface area contributed by atoms with Gasteiger partial charge in [-0.25, -0.2) is 13.1 Å². The molecule has 0 saturated carbocycles. The predicted octanol–water partition coefficient (Wildman–Crippen LogP) is 1.27. The SMILES string of the molecule is CCS(=O)(=O)NC(C)c1cccc(N)c1. The first kappa shape index (κ1) is 12.0. The van der Waals surface area contributed by atoms with Gasteiger partial charge in [0.25, 0.3) is 0 Å². The number of anilines is 1. The highest BCUT2D eigenvalue weighted by atomic mass is 32.2. The van der Waals surface area contributed by atoms with E-state index in [1.807, 2.05) is 6.07 Å². The molecule has 0 spiro atoms. The Morgan fingerprint density at radius 1 is 1.47 bits per heavy atom. The van der Waals surface area contributed by atoms with E-state index in [1.54, 1.807) is 32.0 Å². The second kappa shape index (κ2) is 4.63. The molecule has 1 aromatic rings. The molecule has 5 heteroatoms. The second-order valence-corrected chi connectivity index (χ2v) is 5.46. The Bertz CT molecular complexity index is 429. The lowest BCUT2D eigenvalue weighted by Crippen LogP contribution is -2.28. The molecule has 1 aromatic carbocycles. The fourth-order valence-corrected chi connectivity index (χ4v) is 2.09. The molecule has 0 aliphatic heterocycles. The average molecular weight is 228 g/mol. The Labute approximate surface area is 90.5 Å². The molecule has 0 radical (unpaired) electrons. The summed E-state index contributed by atoms with van der Waals surface area (Å²) < 4.78 is 25.2. The molecule has 1 atom stereocenters. The first-order valence-corrected chi connectivity index (χ1v) is 6.45. The first-order chi connectivity index (χ1) is 6.94. The van der Waals surface area contributed by atoms with E-state index in [-0.39, 0.29) is 11.8 Å². The number of benzene rings is 1. The highest BCUT2D eigenvalue weighted by Crippen LogP contribution is 2.15. The van der Waals surface area contributed by atoms with Crippen LogP contribution in [-0.2, 0) is 10.0 Å². The fraction of sp³-hybridized carbons (Fsp3) is 0.400. The Kier molecular flexibility index (Phi) is 3.71. The maximum Gasteiger partial charge on any atom is 0.211 e. The summed E-state index contributed by atoms with van der Waals surface area (Å²) in [4.78, 5) is 0. The minimum atomic E-state index is -3.17. The van der Waals surface area contributed by atoms with Crippen molar-refractivity contribution in [2.24, 2.45) is 0 Å². The van der Waals surface area contributed by atoms with Crippen molar-refractivity contribution < 1.29 is 8.42 Å². The van der Waals surface area contributed by atoms with E-state index < -0.39 is 10.0 Å². The summed E-state index contributed by atoms with van der Waals surface area (Å²) in [5.41, 5.74) is 7.12. The van der Waals surface area contributed by atoms with Crippen LogP contribution in [0.15, 0.2) is 24.3 Å². The number of sulfonamides is 1. The summed E-state index contributed by atoms with van der Waals surface area (Å²) in [5.74, 6) is 0.0830. The molecule has 0 aromatic heterocycles. The molecule has 3 N–H and O–H groups in total. The lowest BCUT2D eigenvalue weighted by atomic mass is 10.1. The maximum absolute atomic E-state index is 11.3. The third kappa shape index (κ3) is 3.53. The number of nitrogens with two attached hydrogens (primary N) is 1. The van der Waals surface area contributed by atoms with Crippen molar-refractivity contribution in [2.75, 3.05) is 11.5 Å². The van der Waals surface area contributed by atoms with E-state index in [0.29, 0.717) is 5.69 Å². The smallest absolute Gasteiger partial charge is 0.211 e. The van der Waals surface area contributed by atoms with Crippen LogP contribution in [0.1, 0.15) is 25.5 Å². The van der Waals surface area contributed by atoms with E-state index in [2.05, 4.69) is 4.72 Å². The Balaban J connectivity index is 2.82. The summed E-state index contributed by atoms with van der Waals surface area (Å²) >= 11 is 0. The van der Waals surface area contributed by atoms with Gasteiger partial charge in [-0.05, 0) is 31.5 Å². The maximum atomic E-state index is 11.3. The van der Waals surface area contributed by atoms with Gasteiger partial charge in [-0.15, -0.1) is 0 Å². The summed E-state index contributed by atoms with van der Waals surface area (Å²) in [5, 5.41) is 0. The molecule has 0 fully saturated rings. The van der Waals surface area contributed by atoms with Crippen LogP contribution in [0.3, 0.4) is 0 Å². The van der Waals surface area contributed by atoms with Crippen LogP contribution in [0.5, 0.6) is 0 Å². The van der Waals surface area contributed by atoms with Crippen molar-refractivity contribution in [2.45, 2.75) is 19.9 Å². The van der Waals surface area contributed by atoms with Crippen molar-refractivity contribution in [3.05, 3.63) is 29.8 Å². The molecule has 4 nitrogen and oxygen atoms in total. The van der Waals surface area contributed by atoms with Crippen LogP contribution in [0.25, 0.3) is 0 Å². The molecule has 0 heterocycles. The standard InChI is InChI=1S/C10H16N2O2S/c1-3-15(13,14)12-8(2)9-5-4-6-10(11)7-9/h4-8,12H,3,11H2,1-2H3. The van der Waals surface area contributed by atoms with Gasteiger partial charge in [0.15, 0.2) is 0 Å². The van der Waals surface area contributed by atoms with Crippen molar-refractivity contribution in [1.29, 1.82) is 0 Å². The molecule has 1 rings (SSSR count). The van der Waals surface area contributed by atoms with Crippen LogP contribution >= 0.6 is 0 Å². The van der Waals surface area contributed by atoms with E-state index in [0.717, 1.165) is 5.56 Å². The van der Waals surface area contributed by atoms with Gasteiger partial charge in [-0.3, -0.25) is 0 Å². The average Bonchev–Trinajstić information content (AvgIpc) is 2.17. The minimum absolute atomic E-state index is 0.0830. The van der Waals surface area contributed by atoms with E-state index in [4.69, 9.17) is 5.73 Å². The topological polar surface area (TPSA) is 72.2 Å². The number of nitrogens with one attached hydrogen (secondary N) is 1. The fourth-order valence-electron chi connectivity index (χ4n) is 1.25. The van der Waals surface area contributed by atoms with Gasteiger partial charge in [-0.2, -0.15) is 0 Å². The summed E-state index contributed by atoms with van der Waals surface area (Å²) in [7, 11) is -3.17. The van der Waals surface area contributed by atoms with Crippen molar-refractivity contribution in [3.8, 4) is 0 Å². The molecule has 0 bridgehead atoms. The van der Waals surface area contributed by atoms with Gasteiger partial charge < -0.3 is 5.73 Å². The highest BCUT2D eigenvalue weighted by Gasteiger charge is 2.13. The van der Waals surface area contributed by atoms with Gasteiger partial charge in [0.2, 0.25) is 10.0 Å². The van der Waals surface area contributed by atoms with Gasteiger partial charge in [-0.1, -0.05) is 12.1 Å². The van der Waals surface area contributed by atoms with Crippen molar-refractivity contribution >= 4 is 15.7 Å². The molecule has 1 unspecified atom stereocenters. The Hall–Kier alpha value is -1.07. The quantitative estimate of drug-likeness (QED) is 0.762. The monoisotopic (exact) mass is 228 g/mol. The molecule has 15 heavy (non-hydrogen) atoms. The van der Waals surface area contributed by atoms with Gasteiger partial charge in [0, 0.05) is 11.7 Å². The lowest BCUT2D eigenvalue weighted by Gasteiger charge is -2.13. The summed E-state index contributed by atoms with van der Waals surface area (Å²) in [6.07, 6.45) is 0. The zero-order chi connectivity index (χ0) is 11.5. The minimum Gasteiger partial charge on any atom is -0.399 e. The highest BCUT2D eigenvalue weighted by molar-refractivity contribution is 7.89. The third-order valence-corrected chi connectivity index (χ3v) is 3.62. The normalized spacial score (nSPS) is 13.7. The van der Waals surface area contributed by atoms with Crippen LogP contribution in [-0.4, -0.2) is 14.2 Å². The van der Waals surface area contributed by atoms with Crippen molar-refractivity contribution in [3.63, 3.8) is 0 Å². The molecule has 0 aliphatic rings. The molecule has 84 valence electrons. The number of rotatable bonds is 4. The molecular weight excluding hydrogens is 212 g/mol. The first-order valence-electron chi connectivity index (χ1n) is 4.80. The van der Waals surface area contributed by atoms with Gasteiger partial charge >= 0.3 is 0 Å².